The van der Waals surface area contributed by atoms with Crippen molar-refractivity contribution >= 4 is 0 Å². The maximum absolute atomic E-state index is 7.19. The van der Waals surface area contributed by atoms with Crippen LogP contribution in [-0.2, 0) is 105 Å². The standard InChI is InChI=1S/C68H70O11/c1-9-25-51(26-10-1)41-69-49-59-61(70-42-52-27-11-2-12-28-52)63(72-44-54-31-15-4-16-32-54)66(75-47-57-37-21-7-22-38-57)68(78-59)77-50-60-62(71-43-53-29-13-3-14-30-53)64(73-45-55-33-17-5-18-34-55)65(74-46-56-35-19-6-20-36-56)67(79-60)76-48-58-39-23-8-24-40-58/h1-40,59-68H,41-50H2/t59-,60-,61-,62-,63+,64+,65-,66-,67-,68+/m1/s1. The number of benzene rings is 8. The highest BCUT2D eigenvalue weighted by molar-refractivity contribution is 5.20. The van der Waals surface area contributed by atoms with Crippen LogP contribution in [-0.4, -0.2) is 74.6 Å². The third kappa shape index (κ3) is 16.7. The van der Waals surface area contributed by atoms with Crippen LogP contribution in [0.2, 0.25) is 0 Å². The summed E-state index contributed by atoms with van der Waals surface area (Å²) >= 11 is 0. The van der Waals surface area contributed by atoms with E-state index in [1.807, 2.05) is 243 Å². The molecule has 0 N–H and O–H groups in total. The zero-order valence-electron chi connectivity index (χ0n) is 44.4. The van der Waals surface area contributed by atoms with Crippen molar-refractivity contribution in [3.63, 3.8) is 0 Å². The van der Waals surface area contributed by atoms with E-state index in [1.54, 1.807) is 0 Å². The zero-order chi connectivity index (χ0) is 53.5. The molecule has 0 saturated carbocycles. The van der Waals surface area contributed by atoms with Gasteiger partial charge in [0.25, 0.3) is 0 Å². The highest BCUT2D eigenvalue weighted by Crippen LogP contribution is 2.35. The molecule has 2 aliphatic heterocycles. The molecule has 0 aromatic heterocycles. The minimum atomic E-state index is -1.02. The second-order valence-corrected chi connectivity index (χ2v) is 19.8. The topological polar surface area (TPSA) is 102 Å². The van der Waals surface area contributed by atoms with Crippen molar-refractivity contribution in [3.8, 4) is 0 Å². The Bertz CT molecular complexity index is 2890. The van der Waals surface area contributed by atoms with Crippen LogP contribution < -0.4 is 0 Å². The number of rotatable bonds is 28. The average Bonchev–Trinajstić information content (AvgIpc) is 3.57. The molecule has 10 atom stereocenters. The highest BCUT2D eigenvalue weighted by atomic mass is 16.8. The molecule has 0 bridgehead atoms. The fourth-order valence-electron chi connectivity index (χ4n) is 9.84. The molecule has 0 unspecified atom stereocenters. The molecule has 2 heterocycles. The molecule has 8 aromatic rings. The van der Waals surface area contributed by atoms with E-state index < -0.39 is 61.4 Å². The monoisotopic (exact) mass is 1060 g/mol. The largest absolute Gasteiger partial charge is 0.374 e. The van der Waals surface area contributed by atoms with Gasteiger partial charge in [0.15, 0.2) is 12.6 Å². The molecule has 11 heteroatoms. The third-order valence-corrected chi connectivity index (χ3v) is 14.0. The molecule has 0 aliphatic carbocycles. The van der Waals surface area contributed by atoms with Gasteiger partial charge in [0.2, 0.25) is 0 Å². The fourth-order valence-corrected chi connectivity index (χ4v) is 9.84. The van der Waals surface area contributed by atoms with Crippen molar-refractivity contribution in [3.05, 3.63) is 287 Å². The normalized spacial score (nSPS) is 23.0. The Labute approximate surface area is 464 Å². The summed E-state index contributed by atoms with van der Waals surface area (Å²) in [5.41, 5.74) is 7.95. The van der Waals surface area contributed by atoms with Gasteiger partial charge in [-0.05, 0) is 44.5 Å². The molecule has 2 fully saturated rings. The lowest BCUT2D eigenvalue weighted by Gasteiger charge is -2.48. The van der Waals surface area contributed by atoms with Crippen LogP contribution >= 0.6 is 0 Å². The molecule has 408 valence electrons. The summed E-state index contributed by atoms with van der Waals surface area (Å²) in [5, 5.41) is 0. The predicted octanol–water partition coefficient (Wildman–Crippen LogP) is 12.4. The van der Waals surface area contributed by atoms with Crippen LogP contribution in [0.15, 0.2) is 243 Å². The summed E-state index contributed by atoms with van der Waals surface area (Å²) in [4.78, 5) is 0. The molecule has 10 rings (SSSR count). The van der Waals surface area contributed by atoms with Crippen molar-refractivity contribution < 1.29 is 52.1 Å². The molecule has 0 radical (unpaired) electrons. The second-order valence-electron chi connectivity index (χ2n) is 19.8. The van der Waals surface area contributed by atoms with Crippen LogP contribution in [0.3, 0.4) is 0 Å². The van der Waals surface area contributed by atoms with Gasteiger partial charge in [-0.15, -0.1) is 0 Å². The van der Waals surface area contributed by atoms with Gasteiger partial charge in [0.05, 0.1) is 66.1 Å². The van der Waals surface area contributed by atoms with Crippen LogP contribution in [0.4, 0.5) is 0 Å². The summed E-state index contributed by atoms with van der Waals surface area (Å²) in [7, 11) is 0. The lowest BCUT2D eigenvalue weighted by atomic mass is 9.96. The van der Waals surface area contributed by atoms with E-state index in [9.17, 15) is 0 Å². The predicted molar refractivity (Wildman–Crippen MR) is 301 cm³/mol. The van der Waals surface area contributed by atoms with Crippen molar-refractivity contribution in [1.82, 2.24) is 0 Å². The van der Waals surface area contributed by atoms with Crippen molar-refractivity contribution in [2.45, 2.75) is 114 Å². The first-order chi connectivity index (χ1) is 39.2. The summed E-state index contributed by atoms with van der Waals surface area (Å²) in [6, 6.07) is 80.6. The Hall–Kier alpha value is -6.68. The number of ether oxygens (including phenoxy) is 11. The smallest absolute Gasteiger partial charge is 0.187 e. The van der Waals surface area contributed by atoms with Crippen molar-refractivity contribution in [2.24, 2.45) is 0 Å². The Balaban J connectivity index is 1.01. The lowest BCUT2D eigenvalue weighted by Crippen LogP contribution is -2.64. The zero-order valence-corrected chi connectivity index (χ0v) is 44.4. The fraction of sp³-hybridized carbons (Fsp3) is 0.294. The van der Waals surface area contributed by atoms with Gasteiger partial charge in [-0.1, -0.05) is 243 Å². The Morgan fingerprint density at radius 3 is 0.747 bits per heavy atom. The highest BCUT2D eigenvalue weighted by Gasteiger charge is 2.52. The van der Waals surface area contributed by atoms with E-state index >= 15 is 0 Å². The van der Waals surface area contributed by atoms with E-state index in [4.69, 9.17) is 52.1 Å². The van der Waals surface area contributed by atoms with Gasteiger partial charge in [0, 0.05) is 0 Å². The maximum Gasteiger partial charge on any atom is 0.187 e. The van der Waals surface area contributed by atoms with Crippen LogP contribution in [0, 0.1) is 0 Å². The van der Waals surface area contributed by atoms with E-state index in [0.29, 0.717) is 13.2 Å². The van der Waals surface area contributed by atoms with Gasteiger partial charge in [-0.2, -0.15) is 0 Å². The van der Waals surface area contributed by atoms with E-state index in [-0.39, 0.29) is 52.9 Å². The molecule has 2 saturated heterocycles. The average molecular weight is 1060 g/mol. The number of hydrogen-bond donors (Lipinski definition) is 0. The van der Waals surface area contributed by atoms with Crippen molar-refractivity contribution in [1.29, 1.82) is 0 Å². The van der Waals surface area contributed by atoms with Crippen molar-refractivity contribution in [2.75, 3.05) is 13.2 Å². The molecule has 0 amide bonds. The summed E-state index contributed by atoms with van der Waals surface area (Å²) < 4.78 is 77.0. The third-order valence-electron chi connectivity index (χ3n) is 14.0. The molecule has 2 aliphatic rings. The van der Waals surface area contributed by atoms with Gasteiger partial charge in [-0.3, -0.25) is 0 Å². The molecular weight excluding hydrogens is 993 g/mol. The maximum atomic E-state index is 7.19. The minimum Gasteiger partial charge on any atom is -0.374 e. The summed E-state index contributed by atoms with van der Waals surface area (Å²) in [5.74, 6) is 0. The van der Waals surface area contributed by atoms with Gasteiger partial charge in [-0.25, -0.2) is 0 Å². The van der Waals surface area contributed by atoms with Crippen LogP contribution in [0.1, 0.15) is 44.5 Å². The summed E-state index contributed by atoms with van der Waals surface area (Å²) in [6.45, 7) is 2.38. The Kier molecular flexibility index (Phi) is 21.2. The van der Waals surface area contributed by atoms with Gasteiger partial charge < -0.3 is 52.1 Å². The number of hydrogen-bond acceptors (Lipinski definition) is 11. The first kappa shape index (κ1) is 55.6. The Morgan fingerprint density at radius 1 is 0.215 bits per heavy atom. The minimum absolute atomic E-state index is 0.0321. The molecule has 79 heavy (non-hydrogen) atoms. The molecular formula is C68H70O11. The van der Waals surface area contributed by atoms with E-state index in [1.165, 1.54) is 0 Å². The van der Waals surface area contributed by atoms with Gasteiger partial charge in [0.1, 0.15) is 48.8 Å². The van der Waals surface area contributed by atoms with Gasteiger partial charge >= 0.3 is 0 Å². The van der Waals surface area contributed by atoms with Crippen LogP contribution in [0.25, 0.3) is 0 Å². The quantitative estimate of drug-likeness (QED) is 0.0469. The first-order valence-electron chi connectivity index (χ1n) is 27.3. The molecule has 11 nitrogen and oxygen atoms in total. The lowest BCUT2D eigenvalue weighted by molar-refractivity contribution is -0.354. The SMILES string of the molecule is c1ccc(COC[C@H]2O[C@H](OC[C@H]3O[C@@H](OCc4ccccc4)[C@H](OCc4ccccc4)[C@@H](OCc4ccccc4)[C@@H]3OCc3ccccc3)[C@H](OCc3ccccc3)[C@@H](OCc3ccccc3)[C@@H]2OCc2ccccc2)cc1. The summed E-state index contributed by atoms with van der Waals surface area (Å²) in [6.07, 6.45) is -7.82. The van der Waals surface area contributed by atoms with E-state index in [2.05, 4.69) is 0 Å². The molecule has 0 spiro atoms. The Morgan fingerprint density at radius 2 is 0.443 bits per heavy atom. The van der Waals surface area contributed by atoms with E-state index in [0.717, 1.165) is 44.5 Å². The molecule has 8 aromatic carbocycles. The first-order valence-corrected chi connectivity index (χ1v) is 27.3. The second kappa shape index (κ2) is 30.1. The van der Waals surface area contributed by atoms with Crippen LogP contribution in [0.5, 0.6) is 0 Å².